The smallest absolute Gasteiger partial charge is 0.337 e. The van der Waals surface area contributed by atoms with E-state index >= 15 is 0 Å². The van der Waals surface area contributed by atoms with Gasteiger partial charge in [-0.05, 0) is 42.5 Å². The fourth-order valence-corrected chi connectivity index (χ4v) is 3.34. The molecule has 128 valence electrons. The Morgan fingerprint density at radius 2 is 1.88 bits per heavy atom. The summed E-state index contributed by atoms with van der Waals surface area (Å²) in [5.74, 6) is -0.568. The quantitative estimate of drug-likeness (QED) is 0.567. The third-order valence-electron chi connectivity index (χ3n) is 3.44. The molecule has 0 aliphatic rings. The summed E-state index contributed by atoms with van der Waals surface area (Å²) in [5.41, 5.74) is 0.227. The highest BCUT2D eigenvalue weighted by atomic mass is 32.2. The minimum atomic E-state index is -3.89. The number of fused-ring (bicyclic) bond motifs is 1. The van der Waals surface area contributed by atoms with Gasteiger partial charge in [0.1, 0.15) is 5.58 Å². The van der Waals surface area contributed by atoms with Gasteiger partial charge >= 0.3 is 11.6 Å². The highest BCUT2D eigenvalue weighted by molar-refractivity contribution is 7.92. The Hall–Kier alpha value is -3.13. The minimum absolute atomic E-state index is 0.00248. The first-order valence-corrected chi connectivity index (χ1v) is 8.62. The number of sulfonamides is 1. The molecule has 3 aromatic rings. The molecule has 0 atom stereocenters. The van der Waals surface area contributed by atoms with Crippen molar-refractivity contribution >= 4 is 32.6 Å². The highest BCUT2D eigenvalue weighted by Crippen LogP contribution is 2.21. The van der Waals surface area contributed by atoms with Crippen molar-refractivity contribution in [2.24, 2.45) is 0 Å². The number of esters is 1. The van der Waals surface area contributed by atoms with Crippen LogP contribution in [0.15, 0.2) is 68.7 Å². The molecule has 8 heteroatoms. The highest BCUT2D eigenvalue weighted by Gasteiger charge is 2.16. The number of nitrogens with one attached hydrogen (secondary N) is 1. The molecular weight excluding hydrogens is 346 g/mol. The molecule has 0 saturated heterocycles. The van der Waals surface area contributed by atoms with E-state index in [1.54, 1.807) is 6.07 Å². The Morgan fingerprint density at radius 1 is 1.08 bits per heavy atom. The monoisotopic (exact) mass is 359 g/mol. The van der Waals surface area contributed by atoms with Crippen LogP contribution in [0.4, 0.5) is 5.69 Å². The molecule has 1 N–H and O–H groups in total. The standard InChI is InChI=1S/C17H13NO6S/c1-23-17(20)12-3-2-4-13(9-12)18-25(21,22)14-6-7-15-11(10-14)5-8-16(19)24-15/h2-10,18H,1H3. The van der Waals surface area contributed by atoms with Gasteiger partial charge in [-0.3, -0.25) is 4.72 Å². The van der Waals surface area contributed by atoms with Gasteiger partial charge < -0.3 is 9.15 Å². The van der Waals surface area contributed by atoms with E-state index in [1.807, 2.05) is 0 Å². The van der Waals surface area contributed by atoms with Crippen molar-refractivity contribution in [2.75, 3.05) is 11.8 Å². The van der Waals surface area contributed by atoms with Crippen LogP contribution in [0, 0.1) is 0 Å². The van der Waals surface area contributed by atoms with E-state index in [1.165, 1.54) is 55.6 Å². The second-order valence-corrected chi connectivity index (χ2v) is 6.81. The number of hydrogen-bond acceptors (Lipinski definition) is 6. The fraction of sp³-hybridized carbons (Fsp3) is 0.0588. The molecule has 0 fully saturated rings. The maximum Gasteiger partial charge on any atom is 0.337 e. The Kier molecular flexibility index (Phi) is 4.28. The van der Waals surface area contributed by atoms with Crippen LogP contribution < -0.4 is 10.3 Å². The molecular formula is C17H13NO6S. The van der Waals surface area contributed by atoms with Crippen molar-refractivity contribution < 1.29 is 22.4 Å². The van der Waals surface area contributed by atoms with Gasteiger partial charge in [0.2, 0.25) is 0 Å². The summed E-state index contributed by atoms with van der Waals surface area (Å²) in [4.78, 5) is 22.7. The largest absolute Gasteiger partial charge is 0.465 e. The zero-order valence-corrected chi connectivity index (χ0v) is 13.9. The lowest BCUT2D eigenvalue weighted by atomic mass is 10.2. The molecule has 7 nitrogen and oxygen atoms in total. The first-order valence-electron chi connectivity index (χ1n) is 7.14. The number of rotatable bonds is 4. The normalized spacial score (nSPS) is 11.2. The molecule has 1 aromatic heterocycles. The summed E-state index contributed by atoms with van der Waals surface area (Å²) in [6.45, 7) is 0. The molecule has 0 aliphatic heterocycles. The first kappa shape index (κ1) is 16.7. The second-order valence-electron chi connectivity index (χ2n) is 5.13. The molecule has 3 rings (SSSR count). The van der Waals surface area contributed by atoms with Crippen LogP contribution in [-0.2, 0) is 14.8 Å². The molecule has 0 unspecified atom stereocenters. The number of hydrogen-bond donors (Lipinski definition) is 1. The first-order chi connectivity index (χ1) is 11.9. The topological polar surface area (TPSA) is 103 Å². The average molecular weight is 359 g/mol. The van der Waals surface area contributed by atoms with Gasteiger partial charge in [0.25, 0.3) is 10.0 Å². The van der Waals surface area contributed by atoms with Crippen LogP contribution in [0.25, 0.3) is 11.0 Å². The van der Waals surface area contributed by atoms with Crippen molar-refractivity contribution in [1.82, 2.24) is 0 Å². The van der Waals surface area contributed by atoms with Gasteiger partial charge in [0, 0.05) is 17.1 Å². The van der Waals surface area contributed by atoms with Crippen LogP contribution in [0.1, 0.15) is 10.4 Å². The van der Waals surface area contributed by atoms with E-state index < -0.39 is 21.6 Å². The average Bonchev–Trinajstić information content (AvgIpc) is 2.60. The van der Waals surface area contributed by atoms with E-state index in [0.29, 0.717) is 11.0 Å². The number of benzene rings is 2. The summed E-state index contributed by atoms with van der Waals surface area (Å²) in [7, 11) is -2.64. The predicted molar refractivity (Wildman–Crippen MR) is 91.1 cm³/mol. The molecule has 0 bridgehead atoms. The SMILES string of the molecule is COC(=O)c1cccc(NS(=O)(=O)c2ccc3oc(=O)ccc3c2)c1. The van der Waals surface area contributed by atoms with Gasteiger partial charge in [-0.2, -0.15) is 0 Å². The van der Waals surface area contributed by atoms with Crippen LogP contribution >= 0.6 is 0 Å². The van der Waals surface area contributed by atoms with Crippen molar-refractivity contribution in [3.8, 4) is 0 Å². The van der Waals surface area contributed by atoms with E-state index in [0.717, 1.165) is 0 Å². The second kappa shape index (κ2) is 6.40. The summed E-state index contributed by atoms with van der Waals surface area (Å²) in [6, 6.07) is 12.8. The van der Waals surface area contributed by atoms with Crippen LogP contribution in [0.2, 0.25) is 0 Å². The molecule has 0 spiro atoms. The molecule has 2 aromatic carbocycles. The van der Waals surface area contributed by atoms with E-state index in [2.05, 4.69) is 9.46 Å². The van der Waals surface area contributed by atoms with Gasteiger partial charge in [0.15, 0.2) is 0 Å². The van der Waals surface area contributed by atoms with Crippen molar-refractivity contribution in [2.45, 2.75) is 4.90 Å². The third kappa shape index (κ3) is 3.53. The summed E-state index contributed by atoms with van der Waals surface area (Å²) >= 11 is 0. The van der Waals surface area contributed by atoms with Crippen molar-refractivity contribution in [3.05, 3.63) is 70.6 Å². The molecule has 25 heavy (non-hydrogen) atoms. The lowest BCUT2D eigenvalue weighted by Crippen LogP contribution is -2.13. The zero-order valence-electron chi connectivity index (χ0n) is 13.1. The minimum Gasteiger partial charge on any atom is -0.465 e. The Balaban J connectivity index is 1.95. The number of anilines is 1. The number of carbonyl (C=O) groups is 1. The molecule has 0 saturated carbocycles. The molecule has 0 aliphatic carbocycles. The maximum atomic E-state index is 12.5. The lowest BCUT2D eigenvalue weighted by Gasteiger charge is -2.09. The van der Waals surface area contributed by atoms with E-state index in [9.17, 15) is 18.0 Å². The maximum absolute atomic E-state index is 12.5. The number of ether oxygens (including phenoxy) is 1. The molecule has 0 amide bonds. The third-order valence-corrected chi connectivity index (χ3v) is 4.82. The van der Waals surface area contributed by atoms with E-state index in [4.69, 9.17) is 4.42 Å². The van der Waals surface area contributed by atoms with Gasteiger partial charge in [-0.1, -0.05) is 6.07 Å². The lowest BCUT2D eigenvalue weighted by molar-refractivity contribution is 0.0601. The van der Waals surface area contributed by atoms with Crippen LogP contribution in [0.3, 0.4) is 0 Å². The van der Waals surface area contributed by atoms with Crippen LogP contribution in [-0.4, -0.2) is 21.5 Å². The summed E-state index contributed by atoms with van der Waals surface area (Å²) < 4.78 is 37.1. The number of methoxy groups -OCH3 is 1. The van der Waals surface area contributed by atoms with Gasteiger partial charge in [-0.15, -0.1) is 0 Å². The Labute approximate surface area is 142 Å². The van der Waals surface area contributed by atoms with Crippen molar-refractivity contribution in [1.29, 1.82) is 0 Å². The molecule has 0 radical (unpaired) electrons. The van der Waals surface area contributed by atoms with Crippen LogP contribution in [0.5, 0.6) is 0 Å². The van der Waals surface area contributed by atoms with Gasteiger partial charge in [0.05, 0.1) is 17.6 Å². The predicted octanol–water partition coefficient (Wildman–Crippen LogP) is 2.38. The fourth-order valence-electron chi connectivity index (χ4n) is 2.26. The zero-order chi connectivity index (χ0) is 18.0. The van der Waals surface area contributed by atoms with Crippen molar-refractivity contribution in [3.63, 3.8) is 0 Å². The van der Waals surface area contributed by atoms with E-state index in [-0.39, 0.29) is 16.1 Å². The summed E-state index contributed by atoms with van der Waals surface area (Å²) in [6.07, 6.45) is 0. The summed E-state index contributed by atoms with van der Waals surface area (Å²) in [5, 5.41) is 0.478. The number of carbonyl (C=O) groups excluding carboxylic acids is 1. The molecule has 1 heterocycles. The Morgan fingerprint density at radius 3 is 2.64 bits per heavy atom. The van der Waals surface area contributed by atoms with Gasteiger partial charge in [-0.25, -0.2) is 18.0 Å². The Bertz CT molecular complexity index is 1120.